The van der Waals surface area contributed by atoms with E-state index in [1.807, 2.05) is 23.1 Å². The number of imidazole rings is 1. The molecule has 11 heteroatoms. The molecule has 0 aliphatic carbocycles. The van der Waals surface area contributed by atoms with Gasteiger partial charge < -0.3 is 14.4 Å². The third kappa shape index (κ3) is 3.39. The third-order valence-corrected chi connectivity index (χ3v) is 5.23. The minimum absolute atomic E-state index is 0.111. The Hall–Kier alpha value is -3.73. The third-order valence-electron chi connectivity index (χ3n) is 5.23. The molecule has 0 atom stereocenters. The number of hydrogen-bond donors (Lipinski definition) is 0. The summed E-state index contributed by atoms with van der Waals surface area (Å²) in [6.07, 6.45) is 6.03. The van der Waals surface area contributed by atoms with Gasteiger partial charge in [-0.15, -0.1) is 0 Å². The number of nitro groups is 1. The fourth-order valence-electron chi connectivity index (χ4n) is 3.74. The molecule has 0 N–H and O–H groups in total. The van der Waals surface area contributed by atoms with Crippen LogP contribution in [0.1, 0.15) is 5.56 Å². The molecule has 0 amide bonds. The first-order valence-electron chi connectivity index (χ1n) is 9.52. The molecule has 0 bridgehead atoms. The molecule has 11 nitrogen and oxygen atoms in total. The second kappa shape index (κ2) is 7.59. The molecule has 0 unspecified atom stereocenters. The van der Waals surface area contributed by atoms with Crippen LogP contribution in [-0.4, -0.2) is 62.3 Å². The first kappa shape index (κ1) is 18.3. The summed E-state index contributed by atoms with van der Waals surface area (Å²) in [6, 6.07) is 5.96. The highest BCUT2D eigenvalue weighted by Crippen LogP contribution is 2.34. The van der Waals surface area contributed by atoms with Gasteiger partial charge in [-0.25, -0.2) is 15.0 Å². The van der Waals surface area contributed by atoms with Crippen LogP contribution in [0.15, 0.2) is 43.2 Å². The highest BCUT2D eigenvalue weighted by Gasteiger charge is 2.30. The summed E-state index contributed by atoms with van der Waals surface area (Å²) in [5.41, 5.74) is 1.03. The van der Waals surface area contributed by atoms with E-state index in [9.17, 15) is 10.1 Å². The number of piperazine rings is 1. The van der Waals surface area contributed by atoms with E-state index in [-0.39, 0.29) is 18.3 Å². The topological polar surface area (TPSA) is 112 Å². The molecule has 0 spiro atoms. The summed E-state index contributed by atoms with van der Waals surface area (Å²) in [4.78, 5) is 27.9. The van der Waals surface area contributed by atoms with Gasteiger partial charge in [-0.1, -0.05) is 6.07 Å². The summed E-state index contributed by atoms with van der Waals surface area (Å²) < 4.78 is 12.3. The fraction of sp³-hybridized carbons (Fsp3) is 0.316. The highest BCUT2D eigenvalue weighted by atomic mass is 16.7. The largest absolute Gasteiger partial charge is 0.454 e. The van der Waals surface area contributed by atoms with Gasteiger partial charge in [0.1, 0.15) is 12.7 Å². The van der Waals surface area contributed by atoms with Gasteiger partial charge in [-0.3, -0.25) is 19.6 Å². The molecule has 0 radical (unpaired) electrons. The zero-order valence-corrected chi connectivity index (χ0v) is 16.0. The van der Waals surface area contributed by atoms with Gasteiger partial charge in [-0.2, -0.15) is 0 Å². The molecular weight excluding hydrogens is 390 g/mol. The minimum atomic E-state index is -0.427. The van der Waals surface area contributed by atoms with E-state index in [1.54, 1.807) is 12.4 Å². The summed E-state index contributed by atoms with van der Waals surface area (Å²) in [5, 5.41) is 11.8. The summed E-state index contributed by atoms with van der Waals surface area (Å²) in [7, 11) is 0. The summed E-state index contributed by atoms with van der Waals surface area (Å²) in [5.74, 6) is 2.09. The van der Waals surface area contributed by atoms with Crippen LogP contribution in [0.4, 0.5) is 11.5 Å². The Kier molecular flexibility index (Phi) is 4.64. The van der Waals surface area contributed by atoms with E-state index in [0.717, 1.165) is 36.7 Å². The number of hydrogen-bond acceptors (Lipinski definition) is 9. The molecule has 4 heterocycles. The number of fused-ring (bicyclic) bond motifs is 1. The molecule has 1 aromatic carbocycles. The van der Waals surface area contributed by atoms with Crippen LogP contribution in [0.25, 0.3) is 5.82 Å². The van der Waals surface area contributed by atoms with Crippen molar-refractivity contribution < 1.29 is 14.4 Å². The lowest BCUT2D eigenvalue weighted by Gasteiger charge is -2.35. The average Bonchev–Trinajstić information content (AvgIpc) is 3.45. The monoisotopic (exact) mass is 409 g/mol. The average molecular weight is 409 g/mol. The molecule has 3 aromatic rings. The van der Waals surface area contributed by atoms with Crippen LogP contribution in [0.2, 0.25) is 0 Å². The van der Waals surface area contributed by atoms with Crippen molar-refractivity contribution in [3.05, 3.63) is 58.9 Å². The number of aromatic nitrogens is 4. The van der Waals surface area contributed by atoms with Crippen molar-refractivity contribution >= 4 is 11.5 Å². The van der Waals surface area contributed by atoms with E-state index in [4.69, 9.17) is 9.47 Å². The smallest absolute Gasteiger partial charge is 0.354 e. The maximum atomic E-state index is 11.8. The lowest BCUT2D eigenvalue weighted by Crippen LogP contribution is -2.46. The van der Waals surface area contributed by atoms with E-state index in [0.29, 0.717) is 18.9 Å². The Labute approximate surface area is 171 Å². The van der Waals surface area contributed by atoms with Crippen molar-refractivity contribution in [1.82, 2.24) is 24.4 Å². The molecule has 154 valence electrons. The molecule has 30 heavy (non-hydrogen) atoms. The predicted molar refractivity (Wildman–Crippen MR) is 106 cm³/mol. The van der Waals surface area contributed by atoms with Crippen molar-refractivity contribution in [3.63, 3.8) is 0 Å². The Morgan fingerprint density at radius 3 is 2.63 bits per heavy atom. The molecule has 2 aliphatic heterocycles. The zero-order chi connectivity index (χ0) is 20.5. The van der Waals surface area contributed by atoms with Crippen LogP contribution >= 0.6 is 0 Å². The van der Waals surface area contributed by atoms with Gasteiger partial charge in [0.15, 0.2) is 11.5 Å². The van der Waals surface area contributed by atoms with E-state index in [1.165, 1.54) is 17.2 Å². The number of benzene rings is 1. The number of rotatable bonds is 5. The predicted octanol–water partition coefficient (Wildman–Crippen LogP) is 1.62. The SMILES string of the molecule is O=[N+]([O-])c1c(N2CCN(Cc3ccc4c(c3)OCO4)CC2)ncnc1-n1ccnc1. The van der Waals surface area contributed by atoms with Crippen molar-refractivity contribution in [3.8, 4) is 17.3 Å². The van der Waals surface area contributed by atoms with E-state index < -0.39 is 4.92 Å². The lowest BCUT2D eigenvalue weighted by molar-refractivity contribution is -0.384. The highest BCUT2D eigenvalue weighted by molar-refractivity contribution is 5.65. The van der Waals surface area contributed by atoms with Gasteiger partial charge in [0.05, 0.1) is 4.92 Å². The van der Waals surface area contributed by atoms with Crippen LogP contribution in [0.3, 0.4) is 0 Å². The Balaban J connectivity index is 1.31. The quantitative estimate of drug-likeness (QED) is 0.458. The first-order chi connectivity index (χ1) is 14.7. The first-order valence-corrected chi connectivity index (χ1v) is 9.52. The Morgan fingerprint density at radius 2 is 1.87 bits per heavy atom. The van der Waals surface area contributed by atoms with Crippen LogP contribution < -0.4 is 14.4 Å². The normalized spacial score (nSPS) is 16.1. The number of anilines is 1. The van der Waals surface area contributed by atoms with Crippen molar-refractivity contribution in [2.24, 2.45) is 0 Å². The molecule has 2 aromatic heterocycles. The second-order valence-electron chi connectivity index (χ2n) is 7.05. The fourth-order valence-corrected chi connectivity index (χ4v) is 3.74. The molecule has 5 rings (SSSR count). The summed E-state index contributed by atoms with van der Waals surface area (Å²) >= 11 is 0. The maximum Gasteiger partial charge on any atom is 0.354 e. The van der Waals surface area contributed by atoms with Gasteiger partial charge in [0, 0.05) is 45.1 Å². The van der Waals surface area contributed by atoms with Crippen LogP contribution in [0.5, 0.6) is 11.5 Å². The van der Waals surface area contributed by atoms with E-state index in [2.05, 4.69) is 19.9 Å². The zero-order valence-electron chi connectivity index (χ0n) is 16.0. The number of nitrogens with zero attached hydrogens (tertiary/aromatic N) is 7. The Bertz CT molecular complexity index is 1060. The minimum Gasteiger partial charge on any atom is -0.454 e. The van der Waals surface area contributed by atoms with Gasteiger partial charge in [0.2, 0.25) is 18.4 Å². The van der Waals surface area contributed by atoms with Crippen molar-refractivity contribution in [1.29, 1.82) is 0 Å². The van der Waals surface area contributed by atoms with E-state index >= 15 is 0 Å². The maximum absolute atomic E-state index is 11.8. The molecular formula is C19H19N7O4. The van der Waals surface area contributed by atoms with Crippen molar-refractivity contribution in [2.75, 3.05) is 37.9 Å². The summed E-state index contributed by atoms with van der Waals surface area (Å²) in [6.45, 7) is 3.82. The second-order valence-corrected chi connectivity index (χ2v) is 7.05. The molecule has 1 fully saturated rings. The van der Waals surface area contributed by atoms with Gasteiger partial charge in [-0.05, 0) is 17.7 Å². The molecule has 2 aliphatic rings. The van der Waals surface area contributed by atoms with Crippen LogP contribution in [0, 0.1) is 10.1 Å². The Morgan fingerprint density at radius 1 is 1.07 bits per heavy atom. The van der Waals surface area contributed by atoms with Gasteiger partial charge >= 0.3 is 5.69 Å². The van der Waals surface area contributed by atoms with Gasteiger partial charge in [0.25, 0.3) is 0 Å². The van der Waals surface area contributed by atoms with Crippen LogP contribution in [-0.2, 0) is 6.54 Å². The standard InChI is InChI=1S/C19H19N7O4/c27-26(28)17-18(21-11-22-19(17)25-4-3-20-12-25)24-7-5-23(6-8-24)10-14-1-2-15-16(9-14)30-13-29-15/h1-4,9,11-12H,5-8,10,13H2. The lowest BCUT2D eigenvalue weighted by atomic mass is 10.1. The van der Waals surface area contributed by atoms with Crippen molar-refractivity contribution in [2.45, 2.75) is 6.54 Å². The number of ether oxygens (including phenoxy) is 2. The molecule has 1 saturated heterocycles. The molecule has 0 saturated carbocycles.